The zero-order chi connectivity index (χ0) is 21.8. The molecule has 0 amide bonds. The topological polar surface area (TPSA) is 9.72 Å². The van der Waals surface area contributed by atoms with E-state index in [-0.39, 0.29) is 0 Å². The van der Waals surface area contributed by atoms with E-state index in [2.05, 4.69) is 62.2 Å². The van der Waals surface area contributed by atoms with Crippen LogP contribution in [0.3, 0.4) is 0 Å². The van der Waals surface area contributed by atoms with Crippen molar-refractivity contribution in [1.29, 1.82) is 0 Å². The van der Waals surface area contributed by atoms with Crippen LogP contribution < -0.4 is 0 Å². The minimum absolute atomic E-state index is 0.664. The van der Waals surface area contributed by atoms with Crippen molar-refractivity contribution in [2.75, 3.05) is 39.3 Å². The molecule has 1 aliphatic rings. The molecule has 0 aromatic heterocycles. The van der Waals surface area contributed by atoms with Crippen molar-refractivity contribution in [3.8, 4) is 0 Å². The minimum atomic E-state index is -5.15. The maximum atomic E-state index is 15.1. The molecule has 0 spiro atoms. The van der Waals surface area contributed by atoms with Crippen LogP contribution in [0.2, 0.25) is 11.5 Å². The van der Waals surface area contributed by atoms with Crippen LogP contribution in [0.4, 0.5) is 13.2 Å². The van der Waals surface area contributed by atoms with Gasteiger partial charge in [-0.15, -0.1) is 0 Å². The Morgan fingerprint density at radius 3 is 1.39 bits per heavy atom. The fraction of sp³-hybridized carbons (Fsp3) is 0.800. The molecule has 8 heteroatoms. The second-order valence-electron chi connectivity index (χ2n) is 8.06. The molecule has 28 heavy (non-hydrogen) atoms. The number of hydrogen-bond donors (Lipinski definition) is 0. The molecule has 0 saturated heterocycles. The van der Waals surface area contributed by atoms with E-state index in [1.54, 1.807) is 11.5 Å². The summed E-state index contributed by atoms with van der Waals surface area (Å²) in [5.74, 6) is 3.36. The Morgan fingerprint density at radius 1 is 0.821 bits per heavy atom. The first-order chi connectivity index (χ1) is 13.0. The van der Waals surface area contributed by atoms with E-state index >= 15 is 13.2 Å². The van der Waals surface area contributed by atoms with Gasteiger partial charge in [-0.3, -0.25) is 0 Å². The average Bonchev–Trinajstić information content (AvgIpc) is 3.18. The van der Waals surface area contributed by atoms with Gasteiger partial charge in [0.15, 0.2) is 0 Å². The summed E-state index contributed by atoms with van der Waals surface area (Å²) in [4.78, 5) is 0. The van der Waals surface area contributed by atoms with E-state index in [1.165, 1.54) is 0 Å². The normalized spacial score (nSPS) is 17.5. The third-order valence-corrected chi connectivity index (χ3v) is 81.2. The summed E-state index contributed by atoms with van der Waals surface area (Å²) in [6.07, 6.45) is 6.79. The van der Waals surface area contributed by atoms with E-state index in [4.69, 9.17) is 0 Å². The van der Waals surface area contributed by atoms with Crippen LogP contribution >= 0.6 is 0 Å². The van der Waals surface area contributed by atoms with Gasteiger partial charge in [-0.1, -0.05) is 0 Å². The summed E-state index contributed by atoms with van der Waals surface area (Å²) < 4.78 is 53.6. The number of rotatable bonds is 11. The summed E-state index contributed by atoms with van der Waals surface area (Å²) in [5, 5.41) is -4.12. The van der Waals surface area contributed by atoms with Crippen molar-refractivity contribution < 1.29 is 30.3 Å². The first-order valence-electron chi connectivity index (χ1n) is 10.8. The maximum absolute atomic E-state index is 15.1. The number of hydrogen-bond acceptors (Lipinski definition) is 3. The van der Waals surface area contributed by atoms with Gasteiger partial charge in [0.25, 0.3) is 0 Å². The Kier molecular flexibility index (Phi) is 9.32. The molecule has 0 aromatic carbocycles. The summed E-state index contributed by atoms with van der Waals surface area (Å²) in [5.41, 5.74) is 0. The predicted molar refractivity (Wildman–Crippen MR) is 114 cm³/mol. The number of alkyl halides is 3. The molecule has 0 aliphatic heterocycles. The Bertz CT molecular complexity index is 544. The Labute approximate surface area is 172 Å². The van der Waals surface area contributed by atoms with E-state index in [1.807, 2.05) is 6.08 Å². The number of nitrogens with zero attached hydrogens (tertiary/aromatic N) is 3. The van der Waals surface area contributed by atoms with Crippen LogP contribution in [0.1, 0.15) is 48.0 Å². The Hall–Kier alpha value is 0.576. The predicted octanol–water partition coefficient (Wildman–Crippen LogP) is 5.60. The molecule has 0 saturated carbocycles. The summed E-state index contributed by atoms with van der Waals surface area (Å²) in [7, 11) is -4.54. The summed E-state index contributed by atoms with van der Waals surface area (Å²) >= 11 is -5.15. The van der Waals surface area contributed by atoms with Crippen LogP contribution in [0.5, 0.6) is 0 Å². The second-order valence-corrected chi connectivity index (χ2v) is 55.1. The van der Waals surface area contributed by atoms with Crippen LogP contribution in [0, 0.1) is 0 Å². The Balaban J connectivity index is 4.35. The van der Waals surface area contributed by atoms with Gasteiger partial charge in [0.05, 0.1) is 0 Å². The van der Waals surface area contributed by atoms with Gasteiger partial charge in [0.1, 0.15) is 0 Å². The molecule has 1 rings (SSSR count). The zero-order valence-electron chi connectivity index (χ0n) is 19.2. The molecular weight excluding hydrogens is 503 g/mol. The van der Waals surface area contributed by atoms with Crippen molar-refractivity contribution in [3.63, 3.8) is 0 Å². The SMILES string of the molecule is CC[N](CC)[Zr]([C]1=CC=CC1)([N](CC)CC)([N](CC)CC)[Ge]([CH3])([CH3])[C](F)(F)F. The molecule has 0 bridgehead atoms. The molecule has 0 unspecified atom stereocenters. The summed E-state index contributed by atoms with van der Waals surface area (Å²) in [6.45, 7) is 16.3. The van der Waals surface area contributed by atoms with Crippen molar-refractivity contribution in [1.82, 2.24) is 8.53 Å². The van der Waals surface area contributed by atoms with E-state index in [0.29, 0.717) is 45.7 Å². The van der Waals surface area contributed by atoms with Gasteiger partial charge >= 0.3 is 174 Å². The monoisotopic (exact) mass is 544 g/mol. The molecule has 0 N–H and O–H groups in total. The van der Waals surface area contributed by atoms with Crippen LogP contribution in [0.25, 0.3) is 0 Å². The number of halogens is 3. The van der Waals surface area contributed by atoms with Gasteiger partial charge < -0.3 is 0 Å². The van der Waals surface area contributed by atoms with Crippen molar-refractivity contribution in [2.24, 2.45) is 0 Å². The van der Waals surface area contributed by atoms with Crippen LogP contribution in [0.15, 0.2) is 21.5 Å². The quantitative estimate of drug-likeness (QED) is 0.314. The zero-order valence-corrected chi connectivity index (χ0v) is 23.7. The fourth-order valence-corrected chi connectivity index (χ4v) is 92.3. The van der Waals surface area contributed by atoms with E-state index in [9.17, 15) is 0 Å². The third kappa shape index (κ3) is 3.30. The molecule has 1 aliphatic carbocycles. The molecule has 0 aromatic rings. The van der Waals surface area contributed by atoms with Crippen molar-refractivity contribution >= 4 is 9.48 Å². The first-order valence-corrected chi connectivity index (χ1v) is 28.1. The van der Waals surface area contributed by atoms with Crippen LogP contribution in [-0.2, 0) is 17.1 Å². The molecule has 165 valence electrons. The first kappa shape index (κ1) is 26.6. The van der Waals surface area contributed by atoms with E-state index in [0.717, 1.165) is 3.28 Å². The molecule has 0 atom stereocenters. The van der Waals surface area contributed by atoms with Gasteiger partial charge in [0, 0.05) is 0 Å². The molecule has 0 radical (unpaired) electrons. The van der Waals surface area contributed by atoms with Gasteiger partial charge in [-0.2, -0.15) is 0 Å². The van der Waals surface area contributed by atoms with Gasteiger partial charge in [-0.05, 0) is 0 Å². The summed E-state index contributed by atoms with van der Waals surface area (Å²) in [6, 6.07) is 0. The van der Waals surface area contributed by atoms with Gasteiger partial charge in [-0.25, -0.2) is 0 Å². The molecule has 0 heterocycles. The average molecular weight is 544 g/mol. The van der Waals surface area contributed by atoms with Crippen LogP contribution in [-0.4, -0.2) is 62.3 Å². The fourth-order valence-electron chi connectivity index (χ4n) is 6.31. The second kappa shape index (κ2) is 9.80. The van der Waals surface area contributed by atoms with E-state index < -0.39 is 31.6 Å². The number of allylic oxidation sites excluding steroid dienone is 4. The standard InChI is InChI=1S/C5H5.3C4H10N.C3H6F3Ge.Zr/c1-2-4-5-3-1;3*1-3-5-4-2;1-7(2)3(4,5)6;/h1-3H,4H2;3*3-4H2,1-2H3;1-2H3;/q;3*-1;;+3. The molecule has 3 nitrogen and oxygen atoms in total. The molecular formula is C20H41F3GeN3Zr. The van der Waals surface area contributed by atoms with Crippen molar-refractivity contribution in [3.05, 3.63) is 21.5 Å². The molecule has 0 fully saturated rings. The van der Waals surface area contributed by atoms with Crippen molar-refractivity contribution in [2.45, 2.75) is 64.5 Å². The van der Waals surface area contributed by atoms with Gasteiger partial charge in [0.2, 0.25) is 0 Å². The Morgan fingerprint density at radius 2 is 1.18 bits per heavy atom. The third-order valence-electron chi connectivity index (χ3n) is 7.31.